The summed E-state index contributed by atoms with van der Waals surface area (Å²) in [6.07, 6.45) is -4.70. The number of likely N-dealkylation sites (N-methyl/N-ethyl adjacent to an activating group) is 1. The summed E-state index contributed by atoms with van der Waals surface area (Å²) in [5, 5.41) is 13.3. The van der Waals surface area contributed by atoms with Crippen LogP contribution in [0.3, 0.4) is 0 Å². The molecule has 0 aromatic heterocycles. The molecule has 0 radical (unpaired) electrons. The van der Waals surface area contributed by atoms with E-state index in [-0.39, 0.29) is 25.4 Å². The van der Waals surface area contributed by atoms with E-state index in [1.807, 2.05) is 0 Å². The van der Waals surface area contributed by atoms with Crippen molar-refractivity contribution in [3.63, 3.8) is 0 Å². The number of anilines is 2. The Morgan fingerprint density at radius 3 is 2.39 bits per heavy atom. The van der Waals surface area contributed by atoms with Crippen LogP contribution in [0.1, 0.15) is 19.4 Å². The molecule has 3 N–H and O–H groups in total. The van der Waals surface area contributed by atoms with Gasteiger partial charge in [-0.2, -0.15) is 13.2 Å². The predicted octanol–water partition coefficient (Wildman–Crippen LogP) is 2.51. The van der Waals surface area contributed by atoms with Crippen LogP contribution in [-0.4, -0.2) is 41.6 Å². The molecule has 3 amide bonds. The van der Waals surface area contributed by atoms with E-state index in [1.165, 1.54) is 17.9 Å². The van der Waals surface area contributed by atoms with Gasteiger partial charge in [0, 0.05) is 25.7 Å². The minimum Gasteiger partial charge on any atom is -0.395 e. The highest BCUT2D eigenvalue weighted by molar-refractivity contribution is 5.92. The van der Waals surface area contributed by atoms with Gasteiger partial charge in [0.05, 0.1) is 17.9 Å². The van der Waals surface area contributed by atoms with Gasteiger partial charge in [-0.1, -0.05) is 0 Å². The molecular formula is C14H18F3N3O3. The van der Waals surface area contributed by atoms with Crippen LogP contribution in [-0.2, 0) is 11.0 Å². The maximum Gasteiger partial charge on any atom is 0.418 e. The average molecular weight is 333 g/mol. The van der Waals surface area contributed by atoms with Crippen LogP contribution in [0.4, 0.5) is 29.3 Å². The third-order valence-electron chi connectivity index (χ3n) is 2.93. The Morgan fingerprint density at radius 1 is 1.26 bits per heavy atom. The maximum atomic E-state index is 13.1. The number of alkyl halides is 3. The summed E-state index contributed by atoms with van der Waals surface area (Å²) in [5.74, 6) is -0.505. The van der Waals surface area contributed by atoms with Crippen molar-refractivity contribution >= 4 is 23.3 Å². The van der Waals surface area contributed by atoms with Crippen LogP contribution in [0, 0.1) is 0 Å². The van der Waals surface area contributed by atoms with Crippen LogP contribution in [0.15, 0.2) is 18.2 Å². The van der Waals surface area contributed by atoms with Crippen molar-refractivity contribution in [2.75, 3.05) is 30.3 Å². The quantitative estimate of drug-likeness (QED) is 0.774. The van der Waals surface area contributed by atoms with Crippen molar-refractivity contribution < 1.29 is 27.9 Å². The Bertz CT molecular complexity index is 576. The lowest BCUT2D eigenvalue weighted by atomic mass is 10.1. The first-order chi connectivity index (χ1) is 10.7. The summed E-state index contributed by atoms with van der Waals surface area (Å²) in [5.41, 5.74) is -1.52. The molecule has 0 aliphatic rings. The van der Waals surface area contributed by atoms with Gasteiger partial charge >= 0.3 is 12.2 Å². The van der Waals surface area contributed by atoms with Crippen molar-refractivity contribution in [2.45, 2.75) is 20.0 Å². The highest BCUT2D eigenvalue weighted by Gasteiger charge is 2.34. The molecule has 0 saturated heterocycles. The van der Waals surface area contributed by atoms with Gasteiger partial charge in [0.1, 0.15) is 0 Å². The summed E-state index contributed by atoms with van der Waals surface area (Å²) >= 11 is 0. The largest absolute Gasteiger partial charge is 0.418 e. The Balaban J connectivity index is 3.10. The number of hydrogen-bond donors (Lipinski definition) is 3. The van der Waals surface area contributed by atoms with Crippen LogP contribution in [0.25, 0.3) is 0 Å². The number of nitrogens with zero attached hydrogens (tertiary/aromatic N) is 1. The van der Waals surface area contributed by atoms with E-state index in [0.717, 1.165) is 12.1 Å². The Morgan fingerprint density at radius 2 is 1.91 bits per heavy atom. The van der Waals surface area contributed by atoms with E-state index in [1.54, 1.807) is 6.92 Å². The first-order valence-corrected chi connectivity index (χ1v) is 6.84. The third kappa shape index (κ3) is 5.44. The summed E-state index contributed by atoms with van der Waals surface area (Å²) in [7, 11) is 0. The zero-order valence-corrected chi connectivity index (χ0v) is 12.7. The number of nitrogens with one attached hydrogen (secondary N) is 2. The minimum atomic E-state index is -4.70. The first kappa shape index (κ1) is 18.8. The molecule has 1 aromatic carbocycles. The molecule has 0 bridgehead atoms. The first-order valence-electron chi connectivity index (χ1n) is 6.84. The number of halogens is 3. The smallest absolute Gasteiger partial charge is 0.395 e. The van der Waals surface area contributed by atoms with Gasteiger partial charge in [-0.3, -0.25) is 4.79 Å². The van der Waals surface area contributed by atoms with E-state index in [9.17, 15) is 22.8 Å². The summed E-state index contributed by atoms with van der Waals surface area (Å²) in [4.78, 5) is 24.1. The maximum absolute atomic E-state index is 13.1. The molecule has 23 heavy (non-hydrogen) atoms. The third-order valence-corrected chi connectivity index (χ3v) is 2.93. The van der Waals surface area contributed by atoms with Crippen LogP contribution in [0.5, 0.6) is 0 Å². The number of benzene rings is 1. The van der Waals surface area contributed by atoms with Crippen LogP contribution in [0.2, 0.25) is 0 Å². The van der Waals surface area contributed by atoms with Crippen LogP contribution < -0.4 is 10.6 Å². The molecular weight excluding hydrogens is 315 g/mol. The molecule has 0 aliphatic carbocycles. The lowest BCUT2D eigenvalue weighted by Gasteiger charge is -2.22. The molecule has 0 heterocycles. The molecule has 0 unspecified atom stereocenters. The molecule has 0 spiro atoms. The van der Waals surface area contributed by atoms with Gasteiger partial charge in [-0.15, -0.1) is 0 Å². The van der Waals surface area contributed by atoms with Crippen molar-refractivity contribution in [1.82, 2.24) is 4.90 Å². The molecule has 128 valence electrons. The zero-order chi connectivity index (χ0) is 17.6. The second-order valence-electron chi connectivity index (χ2n) is 4.67. The fourth-order valence-corrected chi connectivity index (χ4v) is 1.89. The van der Waals surface area contributed by atoms with Gasteiger partial charge in [0.2, 0.25) is 5.91 Å². The number of carbonyl (C=O) groups excluding carboxylic acids is 2. The molecule has 0 fully saturated rings. The van der Waals surface area contributed by atoms with E-state index in [2.05, 4.69) is 10.6 Å². The average Bonchev–Trinajstić information content (AvgIpc) is 2.44. The van der Waals surface area contributed by atoms with E-state index >= 15 is 0 Å². The molecule has 1 rings (SSSR count). The molecule has 0 atom stereocenters. The lowest BCUT2D eigenvalue weighted by molar-refractivity contribution is -0.137. The number of aliphatic hydroxyl groups is 1. The minimum absolute atomic E-state index is 0.00760. The van der Waals surface area contributed by atoms with Crippen molar-refractivity contribution in [3.8, 4) is 0 Å². The van der Waals surface area contributed by atoms with Crippen molar-refractivity contribution in [1.29, 1.82) is 0 Å². The topological polar surface area (TPSA) is 81.7 Å². The summed E-state index contributed by atoms with van der Waals surface area (Å²) < 4.78 is 39.4. The Kier molecular flexibility index (Phi) is 6.38. The van der Waals surface area contributed by atoms with Gasteiger partial charge < -0.3 is 20.6 Å². The fraction of sp³-hybridized carbons (Fsp3) is 0.429. The number of amides is 3. The predicted molar refractivity (Wildman–Crippen MR) is 79.1 cm³/mol. The van der Waals surface area contributed by atoms with Gasteiger partial charge in [-0.05, 0) is 25.1 Å². The van der Waals surface area contributed by atoms with Gasteiger partial charge in [-0.25, -0.2) is 4.79 Å². The second-order valence-corrected chi connectivity index (χ2v) is 4.67. The van der Waals surface area contributed by atoms with Crippen molar-refractivity contribution in [2.24, 2.45) is 0 Å². The second kappa shape index (κ2) is 7.82. The standard InChI is InChI=1S/C14H18F3N3O3/c1-3-20(6-7-21)13(23)19-12-5-4-10(18-9(2)22)8-11(12)14(15,16)17/h4-5,8,21H,3,6-7H2,1-2H3,(H,18,22)(H,19,23). The fourth-order valence-electron chi connectivity index (χ4n) is 1.89. The molecule has 1 aromatic rings. The summed E-state index contributed by atoms with van der Waals surface area (Å²) in [6, 6.07) is 2.33. The molecule has 0 saturated carbocycles. The molecule has 9 heteroatoms. The lowest BCUT2D eigenvalue weighted by Crippen LogP contribution is -2.37. The Hall–Kier alpha value is -2.29. The SMILES string of the molecule is CCN(CCO)C(=O)Nc1ccc(NC(C)=O)cc1C(F)(F)F. The highest BCUT2D eigenvalue weighted by atomic mass is 19.4. The summed E-state index contributed by atoms with van der Waals surface area (Å²) in [6.45, 7) is 2.76. The number of aliphatic hydroxyl groups excluding tert-OH is 1. The number of carbonyl (C=O) groups is 2. The molecule has 6 nitrogen and oxygen atoms in total. The van der Waals surface area contributed by atoms with E-state index in [4.69, 9.17) is 5.11 Å². The highest BCUT2D eigenvalue weighted by Crippen LogP contribution is 2.36. The van der Waals surface area contributed by atoms with E-state index in [0.29, 0.717) is 0 Å². The number of urea groups is 1. The normalized spacial score (nSPS) is 11.0. The van der Waals surface area contributed by atoms with Gasteiger partial charge in [0.25, 0.3) is 0 Å². The van der Waals surface area contributed by atoms with E-state index < -0.39 is 29.4 Å². The Labute approximate surface area is 131 Å². The van der Waals surface area contributed by atoms with Crippen LogP contribution >= 0.6 is 0 Å². The number of hydrogen-bond acceptors (Lipinski definition) is 3. The molecule has 0 aliphatic heterocycles. The zero-order valence-electron chi connectivity index (χ0n) is 12.7. The number of rotatable bonds is 5. The monoisotopic (exact) mass is 333 g/mol. The van der Waals surface area contributed by atoms with Crippen molar-refractivity contribution in [3.05, 3.63) is 23.8 Å². The van der Waals surface area contributed by atoms with Gasteiger partial charge in [0.15, 0.2) is 0 Å².